The minimum absolute atomic E-state index is 0.0733. The Morgan fingerprint density at radius 3 is 2.24 bits per heavy atom. The molecule has 2 aromatic rings. The van der Waals surface area contributed by atoms with Gasteiger partial charge in [0.15, 0.2) is 11.5 Å². The van der Waals surface area contributed by atoms with Gasteiger partial charge in [-0.05, 0) is 43.5 Å². The van der Waals surface area contributed by atoms with Gasteiger partial charge in [-0.3, -0.25) is 13.6 Å². The number of unbranched alkanes of at least 4 members (excludes halogenated alkanes) is 13. The summed E-state index contributed by atoms with van der Waals surface area (Å²) in [5.74, 6) is 1.11. The number of halogens is 1. The van der Waals surface area contributed by atoms with E-state index in [2.05, 4.69) is 28.8 Å². The number of phosphoric acid groups is 2. The molecule has 3 heterocycles. The molecular weight excluding hydrogens is 796 g/mol. The number of hydrogen-bond acceptors (Lipinski definition) is 14. The second-order valence-corrected chi connectivity index (χ2v) is 20.1. The average molecular weight is 860 g/mol. The molecule has 3 rings (SSSR count). The van der Waals surface area contributed by atoms with Gasteiger partial charge in [0.1, 0.15) is 17.8 Å². The van der Waals surface area contributed by atoms with Crippen LogP contribution in [0.15, 0.2) is 6.33 Å². The third-order valence-electron chi connectivity index (χ3n) is 9.22. The zero-order chi connectivity index (χ0) is 39.4. The van der Waals surface area contributed by atoms with Crippen LogP contribution in [0.1, 0.15) is 149 Å². The van der Waals surface area contributed by atoms with Crippen molar-refractivity contribution in [3.8, 4) is 0 Å². The van der Waals surface area contributed by atoms with Gasteiger partial charge in [0.2, 0.25) is 5.28 Å². The number of nitrogen functional groups attached to an aromatic ring is 1. The Balaban J connectivity index is 1.52. The van der Waals surface area contributed by atoms with Crippen LogP contribution in [0.2, 0.25) is 5.28 Å². The highest BCUT2D eigenvalue weighted by Gasteiger charge is 2.43. The van der Waals surface area contributed by atoms with E-state index >= 15 is 0 Å². The molecule has 0 radical (unpaired) electrons. The molecule has 14 nitrogen and oxygen atoms in total. The Morgan fingerprint density at radius 2 is 1.59 bits per heavy atom. The van der Waals surface area contributed by atoms with Crippen molar-refractivity contribution in [2.24, 2.45) is 0 Å². The molecule has 0 bridgehead atoms. The van der Waals surface area contributed by atoms with E-state index in [4.69, 9.17) is 39.4 Å². The van der Waals surface area contributed by atoms with Gasteiger partial charge in [0.25, 0.3) is 0 Å². The molecule has 0 amide bonds. The number of hydrogen-bond donors (Lipinski definition) is 3. The summed E-state index contributed by atoms with van der Waals surface area (Å²) >= 11 is 8.74. The fourth-order valence-corrected chi connectivity index (χ4v) is 11.8. The summed E-state index contributed by atoms with van der Waals surface area (Å²) in [4.78, 5) is 23.0. The predicted molar refractivity (Wildman–Crippen MR) is 220 cm³/mol. The second-order valence-electron chi connectivity index (χ2n) is 13.9. The van der Waals surface area contributed by atoms with Crippen molar-refractivity contribution in [3.05, 3.63) is 11.6 Å². The summed E-state index contributed by atoms with van der Waals surface area (Å²) in [5.41, 5.74) is 6.55. The van der Waals surface area contributed by atoms with Crippen LogP contribution in [-0.4, -0.2) is 71.2 Å². The van der Waals surface area contributed by atoms with Crippen LogP contribution in [0.25, 0.3) is 11.2 Å². The van der Waals surface area contributed by atoms with E-state index in [1.165, 1.54) is 83.4 Å². The number of thioether (sulfide) groups is 1. The highest BCUT2D eigenvalue weighted by atomic mass is 35.5. The van der Waals surface area contributed by atoms with Crippen LogP contribution in [0.4, 0.5) is 5.82 Å². The minimum atomic E-state index is -4.92. The van der Waals surface area contributed by atoms with Crippen molar-refractivity contribution >= 4 is 68.0 Å². The molecule has 1 aliphatic rings. The van der Waals surface area contributed by atoms with E-state index in [1.54, 1.807) is 11.5 Å². The molecule has 4 N–H and O–H groups in total. The lowest BCUT2D eigenvalue weighted by atomic mass is 10.1. The summed E-state index contributed by atoms with van der Waals surface area (Å²) in [5, 5.41) is 10.8. The van der Waals surface area contributed by atoms with Crippen LogP contribution in [0.5, 0.6) is 0 Å². The number of phosphoric ester groups is 1. The van der Waals surface area contributed by atoms with Crippen molar-refractivity contribution in [1.29, 1.82) is 0 Å². The lowest BCUT2D eigenvalue weighted by Gasteiger charge is -2.25. The third kappa shape index (κ3) is 17.2. The first-order valence-corrected chi connectivity index (χ1v) is 25.0. The van der Waals surface area contributed by atoms with Crippen LogP contribution in [0, 0.1) is 0 Å². The zero-order valence-electron chi connectivity index (χ0n) is 32.5. The largest absolute Gasteiger partial charge is 0.492 e. The fraction of sp³-hybridized carbons (Fsp3) is 0.857. The Morgan fingerprint density at radius 1 is 0.963 bits per heavy atom. The van der Waals surface area contributed by atoms with Crippen molar-refractivity contribution in [1.82, 2.24) is 19.5 Å². The second kappa shape index (κ2) is 25.8. The van der Waals surface area contributed by atoms with E-state index < -0.39 is 40.7 Å². The highest BCUT2D eigenvalue weighted by Crippen LogP contribution is 2.65. The normalized spacial score (nSPS) is 21.0. The van der Waals surface area contributed by atoms with Gasteiger partial charge in [-0.2, -0.15) is 26.0 Å². The monoisotopic (exact) mass is 859 g/mol. The lowest BCUT2D eigenvalue weighted by molar-refractivity contribution is -0.0437. The maximum Gasteiger partial charge on any atom is 0.492 e. The summed E-state index contributed by atoms with van der Waals surface area (Å²) in [6.07, 6.45) is 18.8. The maximum atomic E-state index is 13.7. The Kier molecular flexibility index (Phi) is 22.9. The minimum Gasteiger partial charge on any atom is -0.390 e. The number of aromatic nitrogens is 4. The first-order valence-electron chi connectivity index (χ1n) is 19.8. The van der Waals surface area contributed by atoms with Gasteiger partial charge in [-0.25, -0.2) is 18.1 Å². The number of nitrogens with zero attached hydrogens (tertiary/aromatic N) is 4. The molecule has 54 heavy (non-hydrogen) atoms. The van der Waals surface area contributed by atoms with E-state index in [0.717, 1.165) is 43.5 Å². The van der Waals surface area contributed by atoms with Crippen molar-refractivity contribution in [3.63, 3.8) is 0 Å². The quantitative estimate of drug-likeness (QED) is 0.0281. The molecule has 0 aromatic carbocycles. The van der Waals surface area contributed by atoms with Gasteiger partial charge < -0.3 is 20.5 Å². The molecule has 4 unspecified atom stereocenters. The van der Waals surface area contributed by atoms with Gasteiger partial charge in [0.05, 0.1) is 25.6 Å². The van der Waals surface area contributed by atoms with Crippen LogP contribution >= 0.6 is 51.1 Å². The van der Waals surface area contributed by atoms with Crippen molar-refractivity contribution in [2.75, 3.05) is 24.7 Å². The Hall–Kier alpha value is -0.480. The predicted octanol–water partition coefficient (Wildman–Crippen LogP) is 10.8. The van der Waals surface area contributed by atoms with E-state index in [1.807, 2.05) is 18.7 Å². The zero-order valence-corrected chi connectivity index (χ0v) is 36.7. The molecule has 1 saturated heterocycles. The number of anilines is 1. The summed E-state index contributed by atoms with van der Waals surface area (Å²) in [7, 11) is -9.57. The van der Waals surface area contributed by atoms with Crippen LogP contribution in [-0.2, 0) is 31.2 Å². The molecule has 0 aliphatic carbocycles. The number of aliphatic hydroxyl groups excluding tert-OH is 1. The van der Waals surface area contributed by atoms with Gasteiger partial charge in [-0.1, -0.05) is 111 Å². The Labute approximate surface area is 335 Å². The van der Waals surface area contributed by atoms with Crippen LogP contribution in [0.3, 0.4) is 0 Å². The van der Waals surface area contributed by atoms with Gasteiger partial charge in [0, 0.05) is 29.0 Å². The summed E-state index contributed by atoms with van der Waals surface area (Å²) < 4.78 is 55.7. The summed E-state index contributed by atoms with van der Waals surface area (Å²) in [6, 6.07) is 0. The SMILES string of the molecule is CCCCCCCCCCCCSC(CCCCCCC)C(C)SOP(=O)(O)OP(=O)(OCCC)OC[C@H]1O[C@@H](n2cnc3c(N)nc(Cl)nc32)C[C@@H]1O. The van der Waals surface area contributed by atoms with E-state index in [9.17, 15) is 19.1 Å². The molecular formula is C35H64ClN5O9P2S2. The Bertz CT molecular complexity index is 1450. The molecule has 0 spiro atoms. The molecule has 7 atom stereocenters. The number of nitrogens with two attached hydrogens (primary N) is 1. The fourth-order valence-electron chi connectivity index (χ4n) is 6.16. The van der Waals surface area contributed by atoms with Crippen molar-refractivity contribution < 1.29 is 41.2 Å². The summed E-state index contributed by atoms with van der Waals surface area (Å²) in [6.45, 7) is 7.65. The molecule has 2 aromatic heterocycles. The topological polar surface area (TPSA) is 190 Å². The van der Waals surface area contributed by atoms with Crippen LogP contribution < -0.4 is 5.73 Å². The number of fused-ring (bicyclic) bond motifs is 1. The van der Waals surface area contributed by atoms with Gasteiger partial charge in [-0.15, -0.1) is 0 Å². The first kappa shape index (κ1) is 47.9. The molecule has 19 heteroatoms. The standard InChI is InChI=1S/C35H64ClN5O9P2S2/c1-5-8-10-12-13-14-15-16-18-20-23-53-30(21-19-17-11-9-6-2)27(4)54-50-51(43,44)49-52(45,46-22-7-3)47-25-29-28(42)24-31(48-29)41-26-38-32-33(37)39-35(36)40-34(32)41/h26-31,42H,5-25H2,1-4H3,(H,43,44)(H2,37,39,40)/t27?,28-,29+,30?,31+,52?/m0/s1. The lowest BCUT2D eigenvalue weighted by Crippen LogP contribution is -2.26. The number of aliphatic hydroxyl groups is 1. The molecule has 1 fully saturated rings. The van der Waals surface area contributed by atoms with Gasteiger partial charge >= 0.3 is 15.6 Å². The highest BCUT2D eigenvalue weighted by molar-refractivity contribution is 8.03. The number of ether oxygens (including phenoxy) is 1. The van der Waals surface area contributed by atoms with Crippen molar-refractivity contribution in [2.45, 2.75) is 172 Å². The first-order chi connectivity index (χ1) is 25.9. The number of rotatable bonds is 31. The average Bonchev–Trinajstić information content (AvgIpc) is 3.73. The van der Waals surface area contributed by atoms with E-state index in [0.29, 0.717) is 17.6 Å². The maximum absolute atomic E-state index is 13.7. The molecule has 312 valence electrons. The number of imidazole rings is 1. The molecule has 0 saturated carbocycles. The van der Waals surface area contributed by atoms with E-state index in [-0.39, 0.29) is 34.6 Å². The third-order valence-corrected chi connectivity index (χ3v) is 15.5. The molecule has 1 aliphatic heterocycles. The smallest absolute Gasteiger partial charge is 0.390 e.